The fourth-order valence-corrected chi connectivity index (χ4v) is 1.87. The van der Waals surface area contributed by atoms with Gasteiger partial charge in [0, 0.05) is 19.6 Å². The third kappa shape index (κ3) is 9.70. The van der Waals surface area contributed by atoms with Gasteiger partial charge in [-0.1, -0.05) is 20.8 Å². The number of carbonyl (C=O) groups is 3. The van der Waals surface area contributed by atoms with E-state index in [1.165, 1.54) is 12.0 Å². The fourth-order valence-electron chi connectivity index (χ4n) is 1.87. The van der Waals surface area contributed by atoms with Gasteiger partial charge >= 0.3 is 18.0 Å². The maximum atomic E-state index is 12.0. The molecule has 0 aliphatic carbocycles. The average molecular weight is 302 g/mol. The zero-order chi connectivity index (χ0) is 16.6. The highest BCUT2D eigenvalue weighted by atomic mass is 16.5. The van der Waals surface area contributed by atoms with Gasteiger partial charge in [0.05, 0.1) is 20.0 Å². The first-order valence-corrected chi connectivity index (χ1v) is 6.85. The number of amides is 2. The lowest BCUT2D eigenvalue weighted by Gasteiger charge is -2.27. The highest BCUT2D eigenvalue weighted by molar-refractivity contribution is 5.76. The van der Waals surface area contributed by atoms with Gasteiger partial charge in [-0.25, -0.2) is 4.79 Å². The molecule has 0 rings (SSSR count). The molecule has 0 heterocycles. The van der Waals surface area contributed by atoms with Gasteiger partial charge in [0.15, 0.2) is 0 Å². The lowest BCUT2D eigenvalue weighted by molar-refractivity contribution is -0.140. The first-order valence-electron chi connectivity index (χ1n) is 6.85. The van der Waals surface area contributed by atoms with Crippen molar-refractivity contribution in [1.29, 1.82) is 0 Å². The highest BCUT2D eigenvalue weighted by Gasteiger charge is 2.24. The van der Waals surface area contributed by atoms with Crippen molar-refractivity contribution in [2.24, 2.45) is 5.41 Å². The number of nitrogens with one attached hydrogen (secondary N) is 1. The Morgan fingerprint density at radius 1 is 1.29 bits per heavy atom. The molecule has 7 heteroatoms. The minimum absolute atomic E-state index is 0.0992. The van der Waals surface area contributed by atoms with Crippen LogP contribution in [0, 0.1) is 5.41 Å². The summed E-state index contributed by atoms with van der Waals surface area (Å²) in [6, 6.07) is -0.843. The van der Waals surface area contributed by atoms with Crippen LogP contribution < -0.4 is 5.32 Å². The van der Waals surface area contributed by atoms with Crippen LogP contribution >= 0.6 is 0 Å². The van der Waals surface area contributed by atoms with Gasteiger partial charge in [-0.15, -0.1) is 0 Å². The van der Waals surface area contributed by atoms with E-state index in [4.69, 9.17) is 5.11 Å². The third-order valence-electron chi connectivity index (χ3n) is 2.83. The minimum Gasteiger partial charge on any atom is -0.481 e. The largest absolute Gasteiger partial charge is 0.481 e. The Bertz CT molecular complexity index is 376. The number of aliphatic carboxylic acids is 1. The highest BCUT2D eigenvalue weighted by Crippen LogP contribution is 2.22. The minimum atomic E-state index is -0.957. The van der Waals surface area contributed by atoms with Crippen LogP contribution in [0.3, 0.4) is 0 Å². The van der Waals surface area contributed by atoms with Gasteiger partial charge in [0.25, 0.3) is 0 Å². The van der Waals surface area contributed by atoms with Crippen LogP contribution in [0.25, 0.3) is 0 Å². The molecule has 0 aromatic carbocycles. The van der Waals surface area contributed by atoms with E-state index in [9.17, 15) is 14.4 Å². The normalized spacial score (nSPS) is 12.4. The van der Waals surface area contributed by atoms with Crippen molar-refractivity contribution in [2.75, 3.05) is 20.7 Å². The molecule has 0 bridgehead atoms. The molecular weight excluding hydrogens is 276 g/mol. The predicted octanol–water partition coefficient (Wildman–Crippen LogP) is 1.47. The number of carboxylic acid groups (broad SMARTS) is 1. The summed E-state index contributed by atoms with van der Waals surface area (Å²) in [6.07, 6.45) is 0.521. The Labute approximate surface area is 125 Å². The van der Waals surface area contributed by atoms with E-state index in [1.807, 2.05) is 20.8 Å². The standard InChI is InChI=1S/C14H26N2O5/c1-14(2,3)9-10(8-11(17)18)15-13(20)16(4)7-6-12(19)21-5/h10H,6-9H2,1-5H3,(H,15,20)(H,17,18). The second-order valence-electron chi connectivity index (χ2n) is 6.26. The smallest absolute Gasteiger partial charge is 0.317 e. The molecule has 0 fully saturated rings. The number of carbonyl (C=O) groups excluding carboxylic acids is 2. The summed E-state index contributed by atoms with van der Waals surface area (Å²) in [5.41, 5.74) is -0.0992. The second kappa shape index (κ2) is 8.49. The molecule has 7 nitrogen and oxygen atoms in total. The molecule has 2 amide bonds. The second-order valence-corrected chi connectivity index (χ2v) is 6.26. The molecule has 21 heavy (non-hydrogen) atoms. The van der Waals surface area contributed by atoms with Crippen LogP contribution in [0.5, 0.6) is 0 Å². The van der Waals surface area contributed by atoms with Gasteiger partial charge in [-0.2, -0.15) is 0 Å². The number of esters is 1. The van der Waals surface area contributed by atoms with E-state index < -0.39 is 24.0 Å². The average Bonchev–Trinajstić information content (AvgIpc) is 2.32. The lowest BCUT2D eigenvalue weighted by atomic mass is 9.87. The van der Waals surface area contributed by atoms with E-state index in [1.54, 1.807) is 7.05 Å². The number of methoxy groups -OCH3 is 1. The number of hydrogen-bond acceptors (Lipinski definition) is 4. The van der Waals surface area contributed by atoms with Crippen molar-refractivity contribution < 1.29 is 24.2 Å². The number of hydrogen-bond donors (Lipinski definition) is 2. The monoisotopic (exact) mass is 302 g/mol. The zero-order valence-electron chi connectivity index (χ0n) is 13.4. The zero-order valence-corrected chi connectivity index (χ0v) is 13.4. The molecule has 0 radical (unpaired) electrons. The molecule has 0 aliphatic heterocycles. The molecule has 0 aromatic rings. The summed E-state index contributed by atoms with van der Waals surface area (Å²) in [6.45, 7) is 6.16. The Balaban J connectivity index is 4.50. The number of rotatable bonds is 7. The van der Waals surface area contributed by atoms with E-state index in [2.05, 4.69) is 10.1 Å². The van der Waals surface area contributed by atoms with Gasteiger partial charge < -0.3 is 20.1 Å². The number of ether oxygens (including phenoxy) is 1. The molecule has 2 N–H and O–H groups in total. The predicted molar refractivity (Wildman–Crippen MR) is 77.9 cm³/mol. The van der Waals surface area contributed by atoms with Crippen molar-refractivity contribution in [1.82, 2.24) is 10.2 Å². The SMILES string of the molecule is COC(=O)CCN(C)C(=O)NC(CC(=O)O)CC(C)(C)C. The van der Waals surface area contributed by atoms with Gasteiger partial charge in [0.1, 0.15) is 0 Å². The molecule has 1 atom stereocenters. The van der Waals surface area contributed by atoms with E-state index in [0.29, 0.717) is 6.42 Å². The summed E-state index contributed by atoms with van der Waals surface area (Å²) >= 11 is 0. The Kier molecular flexibility index (Phi) is 7.76. The molecule has 0 aliphatic rings. The molecule has 1 unspecified atom stereocenters. The van der Waals surface area contributed by atoms with Crippen LogP contribution in [0.1, 0.15) is 40.0 Å². The van der Waals surface area contributed by atoms with Gasteiger partial charge in [-0.3, -0.25) is 9.59 Å². The van der Waals surface area contributed by atoms with E-state index >= 15 is 0 Å². The summed E-state index contributed by atoms with van der Waals surface area (Å²) in [5.74, 6) is -1.35. The molecule has 122 valence electrons. The lowest BCUT2D eigenvalue weighted by Crippen LogP contribution is -2.45. The first-order chi connectivity index (χ1) is 9.55. The van der Waals surface area contributed by atoms with Crippen molar-refractivity contribution >= 4 is 18.0 Å². The number of nitrogens with zero attached hydrogens (tertiary/aromatic N) is 1. The summed E-state index contributed by atoms with van der Waals surface area (Å²) in [7, 11) is 2.84. The Morgan fingerprint density at radius 2 is 1.86 bits per heavy atom. The topological polar surface area (TPSA) is 95.9 Å². The number of urea groups is 1. The van der Waals surface area contributed by atoms with Crippen LogP contribution in [0.15, 0.2) is 0 Å². The molecular formula is C14H26N2O5. The molecule has 0 aromatic heterocycles. The Hall–Kier alpha value is -1.79. The van der Waals surface area contributed by atoms with Crippen LogP contribution in [0.2, 0.25) is 0 Å². The van der Waals surface area contributed by atoms with Crippen LogP contribution in [-0.2, 0) is 14.3 Å². The molecule has 0 saturated carbocycles. The van der Waals surface area contributed by atoms with Crippen molar-refractivity contribution in [3.63, 3.8) is 0 Å². The van der Waals surface area contributed by atoms with Crippen molar-refractivity contribution in [3.05, 3.63) is 0 Å². The number of carboxylic acids is 1. The van der Waals surface area contributed by atoms with Crippen LogP contribution in [0.4, 0.5) is 4.79 Å². The Morgan fingerprint density at radius 3 is 2.29 bits per heavy atom. The summed E-state index contributed by atoms with van der Waals surface area (Å²) in [4.78, 5) is 35.2. The van der Waals surface area contributed by atoms with E-state index in [0.717, 1.165) is 0 Å². The first kappa shape index (κ1) is 19.2. The molecule has 0 saturated heterocycles. The van der Waals surface area contributed by atoms with E-state index in [-0.39, 0.29) is 24.8 Å². The van der Waals surface area contributed by atoms with Gasteiger partial charge in [0.2, 0.25) is 0 Å². The maximum Gasteiger partial charge on any atom is 0.317 e. The maximum absolute atomic E-state index is 12.0. The quantitative estimate of drug-likeness (QED) is 0.694. The fraction of sp³-hybridized carbons (Fsp3) is 0.786. The summed E-state index contributed by atoms with van der Waals surface area (Å²) < 4.78 is 4.50. The third-order valence-corrected chi connectivity index (χ3v) is 2.83. The van der Waals surface area contributed by atoms with Gasteiger partial charge in [-0.05, 0) is 11.8 Å². The molecule has 0 spiro atoms. The van der Waals surface area contributed by atoms with Crippen molar-refractivity contribution in [3.8, 4) is 0 Å². The van der Waals surface area contributed by atoms with Crippen LogP contribution in [-0.4, -0.2) is 54.7 Å². The summed E-state index contributed by atoms with van der Waals surface area (Å²) in [5, 5.41) is 11.6. The van der Waals surface area contributed by atoms with Crippen molar-refractivity contribution in [2.45, 2.75) is 46.1 Å².